The lowest BCUT2D eigenvalue weighted by molar-refractivity contribution is 0.0966. The van der Waals surface area contributed by atoms with Gasteiger partial charge < -0.3 is 9.64 Å². The van der Waals surface area contributed by atoms with E-state index in [1.807, 2.05) is 19.1 Å². The standard InChI is InChI=1S/C11H17NO2/c1-3-7-10-8-5-6-9-12(10)11(13)14-4-2/h3,5,8,10H,1,4,6-7,9H2,2H3. The molecule has 0 radical (unpaired) electrons. The first-order valence-corrected chi connectivity index (χ1v) is 5.00. The molecule has 1 rings (SSSR count). The number of rotatable bonds is 3. The van der Waals surface area contributed by atoms with Gasteiger partial charge in [-0.05, 0) is 19.8 Å². The maximum absolute atomic E-state index is 11.5. The van der Waals surface area contributed by atoms with Crippen molar-refractivity contribution in [3.63, 3.8) is 0 Å². The summed E-state index contributed by atoms with van der Waals surface area (Å²) in [6, 6.07) is 0.125. The fourth-order valence-corrected chi connectivity index (χ4v) is 1.55. The lowest BCUT2D eigenvalue weighted by Gasteiger charge is -2.30. The lowest BCUT2D eigenvalue weighted by atomic mass is 10.1. The Hall–Kier alpha value is -1.25. The molecule has 0 N–H and O–H groups in total. The SMILES string of the molecule is C=CCC1C=CCCN1C(=O)OCC. The van der Waals surface area contributed by atoms with Gasteiger partial charge in [0, 0.05) is 6.54 Å². The molecule has 0 aromatic carbocycles. The van der Waals surface area contributed by atoms with E-state index < -0.39 is 0 Å². The zero-order valence-electron chi connectivity index (χ0n) is 8.61. The van der Waals surface area contributed by atoms with Crippen LogP contribution in [-0.4, -0.2) is 30.2 Å². The first-order valence-electron chi connectivity index (χ1n) is 5.00. The minimum Gasteiger partial charge on any atom is -0.450 e. The highest BCUT2D eigenvalue weighted by molar-refractivity contribution is 5.68. The molecule has 0 saturated carbocycles. The molecule has 1 amide bonds. The van der Waals surface area contributed by atoms with Gasteiger partial charge in [-0.2, -0.15) is 0 Å². The fourth-order valence-electron chi connectivity index (χ4n) is 1.55. The van der Waals surface area contributed by atoms with Gasteiger partial charge >= 0.3 is 6.09 Å². The number of hydrogen-bond donors (Lipinski definition) is 0. The Bertz CT molecular complexity index is 235. The van der Waals surface area contributed by atoms with Crippen LogP contribution in [0.4, 0.5) is 4.79 Å². The molecular weight excluding hydrogens is 178 g/mol. The molecule has 0 saturated heterocycles. The summed E-state index contributed by atoms with van der Waals surface area (Å²) in [5.74, 6) is 0. The summed E-state index contributed by atoms with van der Waals surface area (Å²) in [6.07, 6.45) is 7.45. The highest BCUT2D eigenvalue weighted by atomic mass is 16.6. The van der Waals surface area contributed by atoms with Crippen molar-refractivity contribution < 1.29 is 9.53 Å². The Morgan fingerprint density at radius 2 is 2.57 bits per heavy atom. The van der Waals surface area contributed by atoms with Gasteiger partial charge in [0.25, 0.3) is 0 Å². The van der Waals surface area contributed by atoms with Gasteiger partial charge in [0.15, 0.2) is 0 Å². The van der Waals surface area contributed by atoms with Crippen LogP contribution in [-0.2, 0) is 4.74 Å². The number of carbonyl (C=O) groups excluding carboxylic acids is 1. The van der Waals surface area contributed by atoms with Crippen molar-refractivity contribution in [3.8, 4) is 0 Å². The molecule has 0 aliphatic carbocycles. The van der Waals surface area contributed by atoms with E-state index >= 15 is 0 Å². The van der Waals surface area contributed by atoms with Crippen LogP contribution < -0.4 is 0 Å². The van der Waals surface area contributed by atoms with Crippen LogP contribution in [0.15, 0.2) is 24.8 Å². The molecular formula is C11H17NO2. The molecule has 1 heterocycles. The third-order valence-electron chi connectivity index (χ3n) is 2.21. The summed E-state index contributed by atoms with van der Waals surface area (Å²) in [5, 5.41) is 0. The van der Waals surface area contributed by atoms with Crippen molar-refractivity contribution in [1.29, 1.82) is 0 Å². The zero-order chi connectivity index (χ0) is 10.4. The van der Waals surface area contributed by atoms with Gasteiger partial charge in [0.2, 0.25) is 0 Å². The van der Waals surface area contributed by atoms with Gasteiger partial charge in [-0.25, -0.2) is 4.79 Å². The van der Waals surface area contributed by atoms with Crippen LogP contribution in [0.25, 0.3) is 0 Å². The van der Waals surface area contributed by atoms with Crippen molar-refractivity contribution in [2.24, 2.45) is 0 Å². The Balaban J connectivity index is 2.60. The largest absolute Gasteiger partial charge is 0.450 e. The zero-order valence-corrected chi connectivity index (χ0v) is 8.61. The Morgan fingerprint density at radius 1 is 1.79 bits per heavy atom. The predicted molar refractivity (Wildman–Crippen MR) is 56.1 cm³/mol. The third kappa shape index (κ3) is 2.62. The summed E-state index contributed by atoms with van der Waals surface area (Å²) in [5.41, 5.74) is 0. The maximum atomic E-state index is 11.5. The van der Waals surface area contributed by atoms with E-state index in [0.29, 0.717) is 6.61 Å². The third-order valence-corrected chi connectivity index (χ3v) is 2.21. The molecule has 0 aromatic rings. The quantitative estimate of drug-likeness (QED) is 0.647. The van der Waals surface area contributed by atoms with Gasteiger partial charge in [-0.15, -0.1) is 6.58 Å². The van der Waals surface area contributed by atoms with Crippen molar-refractivity contribution in [2.45, 2.75) is 25.8 Å². The number of amides is 1. The second-order valence-electron chi connectivity index (χ2n) is 3.20. The number of carbonyl (C=O) groups is 1. The minimum absolute atomic E-state index is 0.125. The van der Waals surface area contributed by atoms with E-state index in [4.69, 9.17) is 4.74 Å². The van der Waals surface area contributed by atoms with Crippen LogP contribution in [0.3, 0.4) is 0 Å². The van der Waals surface area contributed by atoms with E-state index in [0.717, 1.165) is 19.4 Å². The van der Waals surface area contributed by atoms with E-state index in [9.17, 15) is 4.79 Å². The highest BCUT2D eigenvalue weighted by Crippen LogP contribution is 2.14. The molecule has 0 spiro atoms. The lowest BCUT2D eigenvalue weighted by Crippen LogP contribution is -2.41. The number of ether oxygens (including phenoxy) is 1. The van der Waals surface area contributed by atoms with Crippen molar-refractivity contribution in [3.05, 3.63) is 24.8 Å². The first kappa shape index (κ1) is 10.8. The predicted octanol–water partition coefficient (Wildman–Crippen LogP) is 2.35. The van der Waals surface area contributed by atoms with Crippen LogP contribution in [0.1, 0.15) is 19.8 Å². The summed E-state index contributed by atoms with van der Waals surface area (Å²) in [6.45, 7) is 6.68. The summed E-state index contributed by atoms with van der Waals surface area (Å²) in [4.78, 5) is 13.3. The van der Waals surface area contributed by atoms with Crippen molar-refractivity contribution in [1.82, 2.24) is 4.90 Å². The Labute approximate surface area is 85.0 Å². The average Bonchev–Trinajstić information content (AvgIpc) is 2.19. The van der Waals surface area contributed by atoms with Crippen LogP contribution in [0.2, 0.25) is 0 Å². The average molecular weight is 195 g/mol. The first-order chi connectivity index (χ1) is 6.79. The highest BCUT2D eigenvalue weighted by Gasteiger charge is 2.23. The number of nitrogens with zero attached hydrogens (tertiary/aromatic N) is 1. The normalized spacial score (nSPS) is 20.6. The van der Waals surface area contributed by atoms with Crippen LogP contribution in [0, 0.1) is 0 Å². The minimum atomic E-state index is -0.219. The second kappa shape index (κ2) is 5.47. The molecule has 3 nitrogen and oxygen atoms in total. The summed E-state index contributed by atoms with van der Waals surface area (Å²) >= 11 is 0. The molecule has 0 bridgehead atoms. The molecule has 1 atom stereocenters. The van der Waals surface area contributed by atoms with E-state index in [2.05, 4.69) is 12.7 Å². The van der Waals surface area contributed by atoms with Gasteiger partial charge in [-0.1, -0.05) is 18.2 Å². The van der Waals surface area contributed by atoms with Gasteiger partial charge in [0.05, 0.1) is 12.6 Å². The topological polar surface area (TPSA) is 29.5 Å². The van der Waals surface area contributed by atoms with E-state index in [-0.39, 0.29) is 12.1 Å². The van der Waals surface area contributed by atoms with Gasteiger partial charge in [-0.3, -0.25) is 0 Å². The molecule has 14 heavy (non-hydrogen) atoms. The molecule has 1 unspecified atom stereocenters. The van der Waals surface area contributed by atoms with Crippen molar-refractivity contribution >= 4 is 6.09 Å². The Kier molecular flexibility index (Phi) is 4.23. The summed E-state index contributed by atoms with van der Waals surface area (Å²) < 4.78 is 4.98. The molecule has 0 aromatic heterocycles. The number of hydrogen-bond acceptors (Lipinski definition) is 2. The fraction of sp³-hybridized carbons (Fsp3) is 0.545. The van der Waals surface area contributed by atoms with E-state index in [1.165, 1.54) is 0 Å². The van der Waals surface area contributed by atoms with Crippen LogP contribution in [0.5, 0.6) is 0 Å². The molecule has 1 aliphatic rings. The summed E-state index contributed by atoms with van der Waals surface area (Å²) in [7, 11) is 0. The molecule has 1 aliphatic heterocycles. The monoisotopic (exact) mass is 195 g/mol. The molecule has 3 heteroatoms. The molecule has 0 fully saturated rings. The second-order valence-corrected chi connectivity index (χ2v) is 3.20. The maximum Gasteiger partial charge on any atom is 0.410 e. The van der Waals surface area contributed by atoms with Gasteiger partial charge in [0.1, 0.15) is 0 Å². The van der Waals surface area contributed by atoms with Crippen LogP contribution >= 0.6 is 0 Å². The smallest absolute Gasteiger partial charge is 0.410 e. The Morgan fingerprint density at radius 3 is 3.21 bits per heavy atom. The van der Waals surface area contributed by atoms with Crippen molar-refractivity contribution in [2.75, 3.05) is 13.2 Å². The molecule has 78 valence electrons. The van der Waals surface area contributed by atoms with E-state index in [1.54, 1.807) is 4.90 Å².